The normalized spacial score (nSPS) is 25.4. The molecule has 1 aliphatic rings. The van der Waals surface area contributed by atoms with Gasteiger partial charge in [0.05, 0.1) is 7.11 Å². The maximum atomic E-state index is 11.9. The largest absolute Gasteiger partial charge is 0.465 e. The van der Waals surface area contributed by atoms with Crippen molar-refractivity contribution in [2.45, 2.75) is 23.8 Å². The van der Waals surface area contributed by atoms with Crippen molar-refractivity contribution in [3.8, 4) is 0 Å². The molecule has 116 valence electrons. The number of carbonyl (C=O) groups is 2. The molecule has 0 radical (unpaired) electrons. The van der Waals surface area contributed by atoms with Crippen LogP contribution in [0.2, 0.25) is 0 Å². The Labute approximate surface area is 115 Å². The highest BCUT2D eigenvalue weighted by Crippen LogP contribution is 2.37. The van der Waals surface area contributed by atoms with Crippen LogP contribution < -0.4 is 0 Å². The van der Waals surface area contributed by atoms with Gasteiger partial charge in [0.1, 0.15) is 0 Å². The van der Waals surface area contributed by atoms with Crippen LogP contribution in [0.3, 0.4) is 0 Å². The van der Waals surface area contributed by atoms with E-state index in [2.05, 4.69) is 4.74 Å². The molecular formula is C11H18O9. The predicted octanol–water partition coefficient (Wildman–Crippen LogP) is -1.58. The Balaban J connectivity index is 3.25. The Morgan fingerprint density at radius 1 is 1.20 bits per heavy atom. The number of hydrogen-bond acceptors (Lipinski definition) is 9. The van der Waals surface area contributed by atoms with Gasteiger partial charge in [-0.3, -0.25) is 0 Å². The third-order valence-corrected chi connectivity index (χ3v) is 3.25. The summed E-state index contributed by atoms with van der Waals surface area (Å²) in [6, 6.07) is 0. The molecule has 20 heavy (non-hydrogen) atoms. The summed E-state index contributed by atoms with van der Waals surface area (Å²) in [6.07, 6.45) is -3.21. The van der Waals surface area contributed by atoms with Gasteiger partial charge in [-0.05, 0) is 0 Å². The van der Waals surface area contributed by atoms with Gasteiger partial charge in [-0.2, -0.15) is 0 Å². The van der Waals surface area contributed by atoms with Crippen LogP contribution in [0, 0.1) is 0 Å². The highest BCUT2D eigenvalue weighted by atomic mass is 16.8. The van der Waals surface area contributed by atoms with Crippen LogP contribution in [0.5, 0.6) is 0 Å². The smallest absolute Gasteiger partial charge is 0.370 e. The van der Waals surface area contributed by atoms with Gasteiger partial charge in [0, 0.05) is 28.4 Å². The van der Waals surface area contributed by atoms with E-state index in [1.807, 2.05) is 0 Å². The van der Waals surface area contributed by atoms with E-state index in [1.54, 1.807) is 0 Å². The number of aliphatic hydroxyl groups excluding tert-OH is 1. The van der Waals surface area contributed by atoms with Gasteiger partial charge >= 0.3 is 17.7 Å². The second-order valence-corrected chi connectivity index (χ2v) is 3.91. The van der Waals surface area contributed by atoms with E-state index in [4.69, 9.17) is 23.7 Å². The standard InChI is InChI=1S/C11H18O9/c1-15-8(13)11(18-4,19-5)7-6(12)10(16-2,17-3)9(14)20-7/h6-7,12H,1-5H3/t6-,7+/m0/s1. The highest BCUT2D eigenvalue weighted by molar-refractivity contribution is 5.85. The number of methoxy groups -OCH3 is 5. The van der Waals surface area contributed by atoms with Crippen molar-refractivity contribution in [2.24, 2.45) is 0 Å². The fourth-order valence-corrected chi connectivity index (χ4v) is 2.10. The van der Waals surface area contributed by atoms with E-state index < -0.39 is 35.7 Å². The van der Waals surface area contributed by atoms with Crippen LogP contribution in [-0.2, 0) is 38.0 Å². The lowest BCUT2D eigenvalue weighted by Gasteiger charge is -2.34. The zero-order chi connectivity index (χ0) is 15.6. The van der Waals surface area contributed by atoms with E-state index in [-0.39, 0.29) is 0 Å². The molecule has 1 heterocycles. The van der Waals surface area contributed by atoms with Gasteiger partial charge in [-0.1, -0.05) is 0 Å². The molecule has 1 aliphatic heterocycles. The summed E-state index contributed by atoms with van der Waals surface area (Å²) in [5, 5.41) is 10.2. The number of ether oxygens (including phenoxy) is 6. The molecule has 0 unspecified atom stereocenters. The molecule has 0 aliphatic carbocycles. The second kappa shape index (κ2) is 6.02. The van der Waals surface area contributed by atoms with E-state index in [0.717, 1.165) is 35.5 Å². The number of cyclic esters (lactones) is 1. The third kappa shape index (κ3) is 2.07. The van der Waals surface area contributed by atoms with Gasteiger partial charge in [0.25, 0.3) is 5.79 Å². The quantitative estimate of drug-likeness (QED) is 0.458. The number of hydrogen-bond donors (Lipinski definition) is 1. The van der Waals surface area contributed by atoms with E-state index in [1.165, 1.54) is 0 Å². The Bertz CT molecular complexity index is 372. The summed E-state index contributed by atoms with van der Waals surface area (Å²) < 4.78 is 29.2. The van der Waals surface area contributed by atoms with Crippen molar-refractivity contribution in [1.29, 1.82) is 0 Å². The summed E-state index contributed by atoms with van der Waals surface area (Å²) in [5.41, 5.74) is 0. The van der Waals surface area contributed by atoms with Crippen molar-refractivity contribution in [1.82, 2.24) is 0 Å². The molecule has 2 atom stereocenters. The molecule has 1 rings (SSSR count). The third-order valence-electron chi connectivity index (χ3n) is 3.25. The van der Waals surface area contributed by atoms with Crippen LogP contribution in [0.15, 0.2) is 0 Å². The first kappa shape index (κ1) is 16.8. The molecular weight excluding hydrogens is 276 g/mol. The Hall–Kier alpha value is -1.26. The van der Waals surface area contributed by atoms with Gasteiger partial charge < -0.3 is 33.5 Å². The molecule has 0 aromatic rings. The van der Waals surface area contributed by atoms with Crippen LogP contribution in [0.4, 0.5) is 0 Å². The average molecular weight is 294 g/mol. The van der Waals surface area contributed by atoms with Gasteiger partial charge in [-0.25, -0.2) is 9.59 Å². The van der Waals surface area contributed by atoms with Crippen molar-refractivity contribution in [3.05, 3.63) is 0 Å². The molecule has 0 bridgehead atoms. The first-order valence-corrected chi connectivity index (χ1v) is 5.58. The topological polar surface area (TPSA) is 110 Å². The number of rotatable bonds is 6. The summed E-state index contributed by atoms with van der Waals surface area (Å²) in [7, 11) is 5.67. The zero-order valence-corrected chi connectivity index (χ0v) is 11.9. The average Bonchev–Trinajstić information content (AvgIpc) is 2.73. The number of carbonyl (C=O) groups excluding carboxylic acids is 2. The van der Waals surface area contributed by atoms with Crippen LogP contribution in [0.1, 0.15) is 0 Å². The minimum Gasteiger partial charge on any atom is -0.465 e. The lowest BCUT2D eigenvalue weighted by atomic mass is 10.00. The Kier molecular flexibility index (Phi) is 5.05. The van der Waals surface area contributed by atoms with Crippen LogP contribution in [0.25, 0.3) is 0 Å². The molecule has 0 saturated carbocycles. The molecule has 1 fully saturated rings. The fraction of sp³-hybridized carbons (Fsp3) is 0.818. The monoisotopic (exact) mass is 294 g/mol. The minimum atomic E-state index is -2.14. The SMILES string of the molecule is COC(=O)C(OC)(OC)[C@@H]1OC(=O)C(OC)(OC)[C@H]1O. The lowest BCUT2D eigenvalue weighted by molar-refractivity contribution is -0.281. The molecule has 9 nitrogen and oxygen atoms in total. The van der Waals surface area contributed by atoms with Crippen molar-refractivity contribution in [2.75, 3.05) is 35.5 Å². The summed E-state index contributed by atoms with van der Waals surface area (Å²) in [4.78, 5) is 23.7. The van der Waals surface area contributed by atoms with Gasteiger partial charge in [-0.15, -0.1) is 0 Å². The maximum absolute atomic E-state index is 11.9. The molecule has 9 heteroatoms. The fourth-order valence-electron chi connectivity index (χ4n) is 2.10. The number of aliphatic hydroxyl groups is 1. The Morgan fingerprint density at radius 2 is 1.70 bits per heavy atom. The summed E-state index contributed by atoms with van der Waals surface area (Å²) in [5.74, 6) is -6.20. The molecule has 0 amide bonds. The van der Waals surface area contributed by atoms with Crippen molar-refractivity contribution >= 4 is 11.9 Å². The van der Waals surface area contributed by atoms with Crippen LogP contribution >= 0.6 is 0 Å². The molecule has 1 N–H and O–H groups in total. The highest BCUT2D eigenvalue weighted by Gasteiger charge is 2.68. The molecule has 1 saturated heterocycles. The van der Waals surface area contributed by atoms with E-state index >= 15 is 0 Å². The summed E-state index contributed by atoms with van der Waals surface area (Å²) in [6.45, 7) is 0. The van der Waals surface area contributed by atoms with E-state index in [9.17, 15) is 14.7 Å². The first-order valence-electron chi connectivity index (χ1n) is 5.58. The Morgan fingerprint density at radius 3 is 2.00 bits per heavy atom. The van der Waals surface area contributed by atoms with Gasteiger partial charge in [0.15, 0.2) is 12.2 Å². The zero-order valence-electron chi connectivity index (χ0n) is 11.9. The van der Waals surface area contributed by atoms with Crippen molar-refractivity contribution in [3.63, 3.8) is 0 Å². The van der Waals surface area contributed by atoms with Crippen molar-refractivity contribution < 1.29 is 43.1 Å². The molecule has 0 aromatic heterocycles. The number of esters is 2. The molecule has 0 spiro atoms. The predicted molar refractivity (Wildman–Crippen MR) is 61.4 cm³/mol. The maximum Gasteiger partial charge on any atom is 0.370 e. The lowest BCUT2D eigenvalue weighted by Crippen LogP contribution is -2.60. The molecule has 0 aromatic carbocycles. The first-order chi connectivity index (χ1) is 9.39. The van der Waals surface area contributed by atoms with Gasteiger partial charge in [0.2, 0.25) is 0 Å². The second-order valence-electron chi connectivity index (χ2n) is 3.91. The van der Waals surface area contributed by atoms with E-state index in [0.29, 0.717) is 0 Å². The van der Waals surface area contributed by atoms with Crippen LogP contribution in [-0.4, -0.2) is 76.4 Å². The summed E-state index contributed by atoms with van der Waals surface area (Å²) >= 11 is 0. The minimum absolute atomic E-state index is 0.984.